The lowest BCUT2D eigenvalue weighted by molar-refractivity contribution is 0.270. The van der Waals surface area contributed by atoms with Crippen LogP contribution < -0.4 is 4.74 Å². The number of hydrogen-bond donors (Lipinski definition) is 0. The summed E-state index contributed by atoms with van der Waals surface area (Å²) in [6.07, 6.45) is 1.02. The summed E-state index contributed by atoms with van der Waals surface area (Å²) in [7, 11) is 0. The molecule has 2 unspecified atom stereocenters. The van der Waals surface area contributed by atoms with Gasteiger partial charge in [-0.2, -0.15) is 0 Å². The van der Waals surface area contributed by atoms with Gasteiger partial charge >= 0.3 is 0 Å². The SMILES string of the molecule is BrC1Cc2ccccc2OC1Br. The highest BCUT2D eigenvalue weighted by Crippen LogP contribution is 2.32. The van der Waals surface area contributed by atoms with Crippen LogP contribution in [0.3, 0.4) is 0 Å². The number of rotatable bonds is 0. The highest BCUT2D eigenvalue weighted by molar-refractivity contribution is 9.12. The molecule has 0 bridgehead atoms. The van der Waals surface area contributed by atoms with E-state index in [4.69, 9.17) is 4.74 Å². The van der Waals surface area contributed by atoms with Crippen LogP contribution in [0.5, 0.6) is 5.75 Å². The van der Waals surface area contributed by atoms with E-state index in [2.05, 4.69) is 37.9 Å². The van der Waals surface area contributed by atoms with E-state index in [1.165, 1.54) is 5.56 Å². The Morgan fingerprint density at radius 3 is 2.83 bits per heavy atom. The first-order chi connectivity index (χ1) is 5.77. The van der Waals surface area contributed by atoms with E-state index in [9.17, 15) is 0 Å². The second kappa shape index (κ2) is 3.38. The Morgan fingerprint density at radius 2 is 2.00 bits per heavy atom. The van der Waals surface area contributed by atoms with Gasteiger partial charge < -0.3 is 4.74 Å². The van der Waals surface area contributed by atoms with Crippen LogP contribution in [0.25, 0.3) is 0 Å². The van der Waals surface area contributed by atoms with Crippen molar-refractivity contribution in [3.05, 3.63) is 29.8 Å². The summed E-state index contributed by atoms with van der Waals surface area (Å²) in [5.74, 6) is 0.995. The summed E-state index contributed by atoms with van der Waals surface area (Å²) in [5.41, 5.74) is 1.27. The predicted molar refractivity (Wildman–Crippen MR) is 56.2 cm³/mol. The molecule has 0 aromatic heterocycles. The monoisotopic (exact) mass is 290 g/mol. The second-order valence-corrected chi connectivity index (χ2v) is 4.88. The normalized spacial score (nSPS) is 27.5. The van der Waals surface area contributed by atoms with Gasteiger partial charge in [-0.25, -0.2) is 0 Å². The van der Waals surface area contributed by atoms with Crippen molar-refractivity contribution in [1.82, 2.24) is 0 Å². The molecule has 0 spiro atoms. The van der Waals surface area contributed by atoms with Crippen LogP contribution in [0.2, 0.25) is 0 Å². The average molecular weight is 292 g/mol. The van der Waals surface area contributed by atoms with Gasteiger partial charge in [-0.1, -0.05) is 34.1 Å². The van der Waals surface area contributed by atoms with Gasteiger partial charge in [-0.05, 0) is 34.0 Å². The van der Waals surface area contributed by atoms with Crippen LogP contribution in [0, 0.1) is 0 Å². The molecular formula is C9H8Br2O. The van der Waals surface area contributed by atoms with Crippen molar-refractivity contribution in [2.75, 3.05) is 0 Å². The van der Waals surface area contributed by atoms with E-state index < -0.39 is 0 Å². The number of hydrogen-bond acceptors (Lipinski definition) is 1. The minimum Gasteiger partial charge on any atom is -0.478 e. The molecule has 64 valence electrons. The minimum atomic E-state index is 0.0902. The van der Waals surface area contributed by atoms with Crippen LogP contribution in [0.4, 0.5) is 0 Å². The zero-order valence-electron chi connectivity index (χ0n) is 6.34. The Hall–Kier alpha value is -0.0200. The quantitative estimate of drug-likeness (QED) is 0.668. The van der Waals surface area contributed by atoms with E-state index in [-0.39, 0.29) is 5.01 Å². The second-order valence-electron chi connectivity index (χ2n) is 2.80. The molecule has 1 aliphatic rings. The van der Waals surface area contributed by atoms with Crippen LogP contribution in [-0.2, 0) is 6.42 Å². The fourth-order valence-electron chi connectivity index (χ4n) is 1.29. The third kappa shape index (κ3) is 1.52. The highest BCUT2D eigenvalue weighted by atomic mass is 79.9. The van der Waals surface area contributed by atoms with Crippen molar-refractivity contribution in [3.63, 3.8) is 0 Å². The Labute approximate surface area is 88.4 Å². The Morgan fingerprint density at radius 1 is 1.25 bits per heavy atom. The zero-order valence-corrected chi connectivity index (χ0v) is 9.51. The minimum absolute atomic E-state index is 0.0902. The molecular weight excluding hydrogens is 284 g/mol. The lowest BCUT2D eigenvalue weighted by atomic mass is 10.1. The third-order valence-electron chi connectivity index (χ3n) is 1.91. The van der Waals surface area contributed by atoms with Gasteiger partial charge in [0.15, 0.2) is 5.01 Å². The molecule has 0 fully saturated rings. The molecule has 2 atom stereocenters. The van der Waals surface area contributed by atoms with Crippen LogP contribution in [0.1, 0.15) is 5.56 Å². The number of para-hydroxylation sites is 1. The van der Waals surface area contributed by atoms with E-state index in [1.54, 1.807) is 0 Å². The molecule has 0 radical (unpaired) electrons. The van der Waals surface area contributed by atoms with Gasteiger partial charge in [-0.15, -0.1) is 0 Å². The molecule has 12 heavy (non-hydrogen) atoms. The zero-order chi connectivity index (χ0) is 8.55. The molecule has 1 heterocycles. The summed E-state index contributed by atoms with van der Waals surface area (Å²) in [6.45, 7) is 0. The van der Waals surface area contributed by atoms with Crippen molar-refractivity contribution in [2.45, 2.75) is 16.3 Å². The summed E-state index contributed by atoms with van der Waals surface area (Å²) in [5, 5.41) is 0.0902. The fraction of sp³-hybridized carbons (Fsp3) is 0.333. The standard InChI is InChI=1S/C9H8Br2O/c10-7-5-6-3-1-2-4-8(6)12-9(7)11/h1-4,7,9H,5H2. The first-order valence-corrected chi connectivity index (χ1v) is 5.63. The molecule has 0 saturated heterocycles. The number of ether oxygens (including phenoxy) is 1. The van der Waals surface area contributed by atoms with Crippen molar-refractivity contribution in [2.24, 2.45) is 0 Å². The van der Waals surface area contributed by atoms with Gasteiger partial charge in [-0.3, -0.25) is 0 Å². The highest BCUT2D eigenvalue weighted by Gasteiger charge is 2.24. The van der Waals surface area contributed by atoms with E-state index in [0.29, 0.717) is 4.83 Å². The maximum absolute atomic E-state index is 5.61. The first kappa shape index (κ1) is 8.57. The van der Waals surface area contributed by atoms with Gasteiger partial charge in [0.1, 0.15) is 5.75 Å². The smallest absolute Gasteiger partial charge is 0.166 e. The van der Waals surface area contributed by atoms with E-state index in [1.807, 2.05) is 18.2 Å². The lowest BCUT2D eigenvalue weighted by Gasteiger charge is -2.26. The first-order valence-electron chi connectivity index (χ1n) is 3.80. The molecule has 1 aromatic rings. The van der Waals surface area contributed by atoms with Gasteiger partial charge in [0, 0.05) is 0 Å². The van der Waals surface area contributed by atoms with Gasteiger partial charge in [0.25, 0.3) is 0 Å². The van der Waals surface area contributed by atoms with Gasteiger partial charge in [0.2, 0.25) is 0 Å². The predicted octanol–water partition coefficient (Wildman–Crippen LogP) is 3.11. The van der Waals surface area contributed by atoms with Crippen LogP contribution in [0.15, 0.2) is 24.3 Å². The molecule has 0 N–H and O–H groups in total. The van der Waals surface area contributed by atoms with Crippen molar-refractivity contribution in [1.29, 1.82) is 0 Å². The summed E-state index contributed by atoms with van der Waals surface area (Å²) in [6, 6.07) is 8.13. The number of halogens is 2. The Balaban J connectivity index is 2.34. The van der Waals surface area contributed by atoms with E-state index in [0.717, 1.165) is 12.2 Å². The Bertz CT molecular complexity index is 259. The molecule has 3 heteroatoms. The number of alkyl halides is 2. The Kier molecular flexibility index (Phi) is 2.42. The topological polar surface area (TPSA) is 9.23 Å². The lowest BCUT2D eigenvalue weighted by Crippen LogP contribution is -2.27. The maximum atomic E-state index is 5.61. The molecule has 1 aromatic carbocycles. The molecule has 0 aliphatic carbocycles. The number of fused-ring (bicyclic) bond motifs is 1. The molecule has 1 nitrogen and oxygen atoms in total. The fourth-order valence-corrected chi connectivity index (χ4v) is 2.13. The average Bonchev–Trinajstić information content (AvgIpc) is 2.07. The largest absolute Gasteiger partial charge is 0.478 e. The van der Waals surface area contributed by atoms with Crippen molar-refractivity contribution >= 4 is 31.9 Å². The molecule has 0 amide bonds. The van der Waals surface area contributed by atoms with E-state index >= 15 is 0 Å². The molecule has 2 rings (SSSR count). The maximum Gasteiger partial charge on any atom is 0.166 e. The summed E-state index contributed by atoms with van der Waals surface area (Å²) in [4.78, 5) is 0.368. The van der Waals surface area contributed by atoms with Crippen molar-refractivity contribution in [3.8, 4) is 5.75 Å². The summed E-state index contributed by atoms with van der Waals surface area (Å²) < 4.78 is 5.61. The van der Waals surface area contributed by atoms with Gasteiger partial charge in [0.05, 0.1) is 4.83 Å². The molecule has 1 aliphatic heterocycles. The van der Waals surface area contributed by atoms with Crippen molar-refractivity contribution < 1.29 is 4.74 Å². The van der Waals surface area contributed by atoms with Crippen LogP contribution >= 0.6 is 31.9 Å². The molecule has 0 saturated carbocycles. The summed E-state index contributed by atoms with van der Waals surface area (Å²) >= 11 is 7.01. The van der Waals surface area contributed by atoms with Crippen LogP contribution in [-0.4, -0.2) is 9.84 Å². The third-order valence-corrected chi connectivity index (χ3v) is 4.25. The number of benzene rings is 1.